The van der Waals surface area contributed by atoms with Crippen molar-refractivity contribution in [2.45, 2.75) is 18.0 Å². The highest BCUT2D eigenvalue weighted by molar-refractivity contribution is 9.11. The molecule has 2 heterocycles. The normalized spacial score (nSPS) is 16.1. The molecule has 0 aliphatic carbocycles. The number of fused-ring (bicyclic) bond motifs is 1. The van der Waals surface area contributed by atoms with E-state index in [0.29, 0.717) is 23.4 Å². The lowest BCUT2D eigenvalue weighted by atomic mass is 10.4. The van der Waals surface area contributed by atoms with E-state index in [4.69, 9.17) is 0 Å². The Morgan fingerprint density at radius 3 is 2.80 bits per heavy atom. The van der Waals surface area contributed by atoms with Gasteiger partial charge in [0.15, 0.2) is 0 Å². The molecule has 0 saturated heterocycles. The van der Waals surface area contributed by atoms with Gasteiger partial charge in [-0.15, -0.1) is 10.2 Å². The minimum absolute atomic E-state index is 0.237. The zero-order valence-corrected chi connectivity index (χ0v) is 14.2. The van der Waals surface area contributed by atoms with Gasteiger partial charge in [-0.25, -0.2) is 8.42 Å². The lowest BCUT2D eigenvalue weighted by Gasteiger charge is -2.26. The van der Waals surface area contributed by atoms with Gasteiger partial charge in [0.05, 0.1) is 11.4 Å². The predicted octanol–water partition coefficient (Wildman–Crippen LogP) is 2.01. The molecule has 0 N–H and O–H groups in total. The molecule has 0 radical (unpaired) electrons. The van der Waals surface area contributed by atoms with Crippen molar-refractivity contribution in [2.75, 3.05) is 6.54 Å². The predicted molar refractivity (Wildman–Crippen MR) is 79.5 cm³/mol. The molecule has 0 bridgehead atoms. The Balaban J connectivity index is 1.99. The maximum absolute atomic E-state index is 12.7. The van der Waals surface area contributed by atoms with Gasteiger partial charge in [-0.1, -0.05) is 15.9 Å². The molecule has 0 spiro atoms. The number of hydrogen-bond donors (Lipinski definition) is 0. The fourth-order valence-electron chi connectivity index (χ4n) is 2.06. The summed E-state index contributed by atoms with van der Waals surface area (Å²) >= 11 is 6.60. The Morgan fingerprint density at radius 1 is 1.20 bits per heavy atom. The Kier molecular flexibility index (Phi) is 3.69. The van der Waals surface area contributed by atoms with E-state index in [-0.39, 0.29) is 11.4 Å². The minimum Gasteiger partial charge on any atom is -0.315 e. The van der Waals surface area contributed by atoms with Crippen LogP contribution < -0.4 is 0 Å². The third-order valence-electron chi connectivity index (χ3n) is 3.11. The van der Waals surface area contributed by atoms with E-state index in [1.807, 2.05) is 4.57 Å². The second-order valence-corrected chi connectivity index (χ2v) is 8.03. The summed E-state index contributed by atoms with van der Waals surface area (Å²) in [6.07, 6.45) is 1.62. The van der Waals surface area contributed by atoms with Gasteiger partial charge >= 0.3 is 0 Å². The molecular weight excluding hydrogens is 412 g/mol. The third-order valence-corrected chi connectivity index (χ3v) is 6.45. The zero-order valence-electron chi connectivity index (χ0n) is 10.2. The minimum atomic E-state index is -3.56. The topological polar surface area (TPSA) is 68.1 Å². The molecule has 0 fully saturated rings. The number of nitrogens with zero attached hydrogens (tertiary/aromatic N) is 4. The highest BCUT2D eigenvalue weighted by Crippen LogP contribution is 2.29. The van der Waals surface area contributed by atoms with E-state index in [1.165, 1.54) is 4.31 Å². The van der Waals surface area contributed by atoms with E-state index < -0.39 is 10.0 Å². The summed E-state index contributed by atoms with van der Waals surface area (Å²) in [4.78, 5) is 0.250. The number of halogens is 2. The van der Waals surface area contributed by atoms with Crippen LogP contribution in [0.25, 0.3) is 0 Å². The summed E-state index contributed by atoms with van der Waals surface area (Å²) in [6.45, 7) is 1.21. The van der Waals surface area contributed by atoms with Crippen LogP contribution in [0.15, 0.2) is 38.4 Å². The van der Waals surface area contributed by atoms with Crippen molar-refractivity contribution in [3.63, 3.8) is 0 Å². The van der Waals surface area contributed by atoms with Crippen molar-refractivity contribution in [1.82, 2.24) is 19.1 Å². The zero-order chi connectivity index (χ0) is 14.3. The van der Waals surface area contributed by atoms with Crippen molar-refractivity contribution in [1.29, 1.82) is 0 Å². The summed E-state index contributed by atoms with van der Waals surface area (Å²) in [7, 11) is -3.56. The first-order valence-corrected chi connectivity index (χ1v) is 8.83. The first kappa shape index (κ1) is 14.2. The third kappa shape index (κ3) is 2.43. The van der Waals surface area contributed by atoms with Crippen LogP contribution in [0.5, 0.6) is 0 Å². The van der Waals surface area contributed by atoms with Crippen molar-refractivity contribution in [3.05, 3.63) is 39.3 Å². The maximum Gasteiger partial charge on any atom is 0.244 e. The Labute approximate surface area is 133 Å². The largest absolute Gasteiger partial charge is 0.315 e. The van der Waals surface area contributed by atoms with Crippen LogP contribution in [0.3, 0.4) is 0 Å². The molecule has 106 valence electrons. The van der Waals surface area contributed by atoms with Crippen LogP contribution in [0.1, 0.15) is 5.82 Å². The quantitative estimate of drug-likeness (QED) is 0.743. The Morgan fingerprint density at radius 2 is 2.00 bits per heavy atom. The fourth-order valence-corrected chi connectivity index (χ4v) is 4.91. The second kappa shape index (κ2) is 5.21. The van der Waals surface area contributed by atoms with Crippen LogP contribution in [0.4, 0.5) is 0 Å². The Hall–Kier alpha value is -0.770. The number of aromatic nitrogens is 3. The highest BCUT2D eigenvalue weighted by Gasteiger charge is 2.30. The lowest BCUT2D eigenvalue weighted by Crippen LogP contribution is -2.38. The maximum atomic E-state index is 12.7. The molecule has 20 heavy (non-hydrogen) atoms. The monoisotopic (exact) mass is 420 g/mol. The van der Waals surface area contributed by atoms with Gasteiger partial charge in [0.25, 0.3) is 0 Å². The molecule has 6 nitrogen and oxygen atoms in total. The second-order valence-electron chi connectivity index (χ2n) is 4.35. The summed E-state index contributed by atoms with van der Waals surface area (Å²) in [6, 6.07) is 5.10. The van der Waals surface area contributed by atoms with Crippen LogP contribution >= 0.6 is 31.9 Å². The van der Waals surface area contributed by atoms with Crippen molar-refractivity contribution < 1.29 is 8.42 Å². The molecule has 2 aromatic rings. The summed E-state index contributed by atoms with van der Waals surface area (Å²) < 4.78 is 30.0. The van der Waals surface area contributed by atoms with Crippen molar-refractivity contribution in [2.24, 2.45) is 0 Å². The average Bonchev–Trinajstić information content (AvgIpc) is 2.88. The lowest BCUT2D eigenvalue weighted by molar-refractivity contribution is 0.335. The van der Waals surface area contributed by atoms with E-state index in [1.54, 1.807) is 24.5 Å². The summed E-state index contributed by atoms with van der Waals surface area (Å²) in [5.74, 6) is 0.658. The van der Waals surface area contributed by atoms with Gasteiger partial charge in [0.1, 0.15) is 12.2 Å². The number of benzene rings is 1. The molecule has 1 aliphatic rings. The Bertz CT molecular complexity index is 760. The molecule has 3 rings (SSSR count). The van der Waals surface area contributed by atoms with E-state index in [9.17, 15) is 8.42 Å². The molecule has 9 heteroatoms. The van der Waals surface area contributed by atoms with Gasteiger partial charge in [-0.05, 0) is 34.1 Å². The fraction of sp³-hybridized carbons (Fsp3) is 0.273. The molecule has 0 saturated carbocycles. The SMILES string of the molecule is O=S(=O)(c1cc(Br)ccc1Br)N1CCn2cnnc2C1. The van der Waals surface area contributed by atoms with Gasteiger partial charge in [-0.3, -0.25) is 0 Å². The first-order chi connectivity index (χ1) is 9.48. The highest BCUT2D eigenvalue weighted by atomic mass is 79.9. The smallest absolute Gasteiger partial charge is 0.244 e. The van der Waals surface area contributed by atoms with Crippen LogP contribution in [-0.4, -0.2) is 34.0 Å². The molecule has 1 aromatic heterocycles. The summed E-state index contributed by atoms with van der Waals surface area (Å²) in [5.41, 5.74) is 0. The number of rotatable bonds is 2. The van der Waals surface area contributed by atoms with Crippen LogP contribution in [0.2, 0.25) is 0 Å². The molecule has 0 atom stereocenters. The van der Waals surface area contributed by atoms with E-state index >= 15 is 0 Å². The number of hydrogen-bond acceptors (Lipinski definition) is 4. The molecule has 0 unspecified atom stereocenters. The van der Waals surface area contributed by atoms with Gasteiger partial charge in [0.2, 0.25) is 10.0 Å². The van der Waals surface area contributed by atoms with Gasteiger partial charge < -0.3 is 4.57 Å². The van der Waals surface area contributed by atoms with Gasteiger partial charge in [0, 0.05) is 22.0 Å². The van der Waals surface area contributed by atoms with Crippen molar-refractivity contribution in [3.8, 4) is 0 Å². The van der Waals surface area contributed by atoms with Crippen molar-refractivity contribution >= 4 is 41.9 Å². The van der Waals surface area contributed by atoms with Crippen LogP contribution in [-0.2, 0) is 23.1 Å². The van der Waals surface area contributed by atoms with E-state index in [2.05, 4.69) is 42.1 Å². The summed E-state index contributed by atoms with van der Waals surface area (Å²) in [5, 5.41) is 7.74. The molecule has 1 aromatic carbocycles. The number of sulfonamides is 1. The average molecular weight is 422 g/mol. The van der Waals surface area contributed by atoms with Crippen LogP contribution in [0, 0.1) is 0 Å². The van der Waals surface area contributed by atoms with Gasteiger partial charge in [-0.2, -0.15) is 4.31 Å². The van der Waals surface area contributed by atoms with E-state index in [0.717, 1.165) is 4.47 Å². The molecular formula is C11H10Br2N4O2S. The first-order valence-electron chi connectivity index (χ1n) is 5.80. The molecule has 0 amide bonds. The standard InChI is InChI=1S/C11H10Br2N4O2S/c12-8-1-2-9(13)10(5-8)20(18,19)17-4-3-16-7-14-15-11(16)6-17/h1-2,5,7H,3-4,6H2. The molecule has 1 aliphatic heterocycles.